The number of nitrogens with one attached hydrogen (secondary N) is 1. The van der Waals surface area contributed by atoms with Crippen LogP contribution in [0.5, 0.6) is 5.75 Å². The summed E-state index contributed by atoms with van der Waals surface area (Å²) in [6.07, 6.45) is 1.02. The molecule has 2 rings (SSSR count). The predicted octanol–water partition coefficient (Wildman–Crippen LogP) is 3.11. The molecule has 102 valence electrons. The molecule has 1 aromatic heterocycles. The fraction of sp³-hybridized carbons (Fsp3) is 0.357. The van der Waals surface area contributed by atoms with Crippen molar-refractivity contribution in [1.29, 1.82) is 10.5 Å². The zero-order valence-electron chi connectivity index (χ0n) is 11.1. The molecular formula is C14H14N4OS. The predicted molar refractivity (Wildman–Crippen MR) is 77.3 cm³/mol. The Morgan fingerprint density at radius 1 is 1.45 bits per heavy atom. The Hall–Kier alpha value is -2.18. The highest BCUT2D eigenvalue weighted by molar-refractivity contribution is 7.99. The first-order valence-electron chi connectivity index (χ1n) is 6.20. The zero-order chi connectivity index (χ0) is 14.4. The zero-order valence-corrected chi connectivity index (χ0v) is 11.9. The maximum absolute atomic E-state index is 9.02. The summed E-state index contributed by atoms with van der Waals surface area (Å²) in [5.41, 5.74) is 1.79. The van der Waals surface area contributed by atoms with E-state index in [1.165, 1.54) is 11.8 Å². The Kier molecular flexibility index (Phi) is 4.86. The minimum absolute atomic E-state index is 0.123. The van der Waals surface area contributed by atoms with Crippen molar-refractivity contribution in [3.63, 3.8) is 0 Å². The number of fused-ring (bicyclic) bond motifs is 1. The van der Waals surface area contributed by atoms with Crippen molar-refractivity contribution in [1.82, 2.24) is 9.97 Å². The van der Waals surface area contributed by atoms with Gasteiger partial charge < -0.3 is 9.72 Å². The number of rotatable bonds is 6. The Morgan fingerprint density at radius 3 is 3.00 bits per heavy atom. The van der Waals surface area contributed by atoms with Gasteiger partial charge >= 0.3 is 0 Å². The highest BCUT2D eigenvalue weighted by atomic mass is 32.2. The van der Waals surface area contributed by atoms with Crippen LogP contribution < -0.4 is 4.74 Å². The number of H-pyrrole nitrogens is 1. The normalized spacial score (nSPS) is 11.8. The van der Waals surface area contributed by atoms with Crippen LogP contribution in [0.15, 0.2) is 23.4 Å². The third-order valence-electron chi connectivity index (χ3n) is 2.88. The summed E-state index contributed by atoms with van der Waals surface area (Å²) < 4.78 is 5.16. The maximum Gasteiger partial charge on any atom is 0.166 e. The summed E-state index contributed by atoms with van der Waals surface area (Å²) >= 11 is 1.50. The number of imidazole rings is 1. The standard InChI is InChI=1S/C14H14N4OS/c1-19-11-4-5-12-13(7-11)18-14(17-12)20-9-10(8-16)3-2-6-15/h4-5,7,10H,2-3,9H2,1H3,(H,17,18). The SMILES string of the molecule is COc1ccc2nc(SCC(C#N)CCC#N)[nH]c2c1. The van der Waals surface area contributed by atoms with Gasteiger partial charge in [-0.1, -0.05) is 11.8 Å². The van der Waals surface area contributed by atoms with Gasteiger partial charge in [-0.2, -0.15) is 10.5 Å². The molecule has 1 atom stereocenters. The average molecular weight is 286 g/mol. The van der Waals surface area contributed by atoms with Gasteiger partial charge in [-0.25, -0.2) is 4.98 Å². The van der Waals surface area contributed by atoms with E-state index in [1.54, 1.807) is 7.11 Å². The van der Waals surface area contributed by atoms with E-state index in [2.05, 4.69) is 22.1 Å². The topological polar surface area (TPSA) is 85.5 Å². The van der Waals surface area contributed by atoms with Crippen LogP contribution in [0, 0.1) is 28.6 Å². The molecule has 2 aromatic rings. The summed E-state index contributed by atoms with van der Waals surface area (Å²) in [6, 6.07) is 9.94. The van der Waals surface area contributed by atoms with Crippen molar-refractivity contribution in [2.24, 2.45) is 5.92 Å². The van der Waals surface area contributed by atoms with Crippen molar-refractivity contribution in [3.05, 3.63) is 18.2 Å². The molecule has 1 unspecified atom stereocenters. The molecule has 0 spiro atoms. The van der Waals surface area contributed by atoms with Crippen LogP contribution in [-0.2, 0) is 0 Å². The Bertz CT molecular complexity index is 668. The van der Waals surface area contributed by atoms with Gasteiger partial charge in [-0.3, -0.25) is 0 Å². The fourth-order valence-corrected chi connectivity index (χ4v) is 2.71. The van der Waals surface area contributed by atoms with E-state index in [0.717, 1.165) is 21.9 Å². The first-order valence-corrected chi connectivity index (χ1v) is 7.18. The second-order valence-corrected chi connectivity index (χ2v) is 5.27. The second kappa shape index (κ2) is 6.83. The van der Waals surface area contributed by atoms with Crippen molar-refractivity contribution in [2.75, 3.05) is 12.9 Å². The number of aromatic nitrogens is 2. The van der Waals surface area contributed by atoms with Crippen LogP contribution in [0.25, 0.3) is 11.0 Å². The first-order chi connectivity index (χ1) is 9.76. The highest BCUT2D eigenvalue weighted by Crippen LogP contribution is 2.25. The van der Waals surface area contributed by atoms with Gasteiger partial charge in [0.1, 0.15) is 5.75 Å². The monoisotopic (exact) mass is 286 g/mol. The molecule has 1 heterocycles. The van der Waals surface area contributed by atoms with Crippen LogP contribution in [0.3, 0.4) is 0 Å². The molecule has 0 radical (unpaired) electrons. The average Bonchev–Trinajstić information content (AvgIpc) is 2.89. The van der Waals surface area contributed by atoms with E-state index >= 15 is 0 Å². The highest BCUT2D eigenvalue weighted by Gasteiger charge is 2.10. The third kappa shape index (κ3) is 3.43. The van der Waals surface area contributed by atoms with Gasteiger partial charge in [0.05, 0.1) is 36.2 Å². The van der Waals surface area contributed by atoms with Gasteiger partial charge in [0, 0.05) is 18.2 Å². The first kappa shape index (κ1) is 14.2. The van der Waals surface area contributed by atoms with Crippen LogP contribution in [0.2, 0.25) is 0 Å². The molecule has 0 amide bonds. The van der Waals surface area contributed by atoms with Crippen LogP contribution in [-0.4, -0.2) is 22.8 Å². The van der Waals surface area contributed by atoms with Crippen molar-refractivity contribution >= 4 is 22.8 Å². The minimum Gasteiger partial charge on any atom is -0.497 e. The number of hydrogen-bond donors (Lipinski definition) is 1. The number of nitriles is 2. The molecule has 1 N–H and O–H groups in total. The molecule has 0 saturated heterocycles. The largest absolute Gasteiger partial charge is 0.497 e. The minimum atomic E-state index is -0.123. The molecule has 0 saturated carbocycles. The molecule has 0 aliphatic rings. The van der Waals surface area contributed by atoms with E-state index < -0.39 is 0 Å². The maximum atomic E-state index is 9.02. The smallest absolute Gasteiger partial charge is 0.166 e. The molecule has 0 aliphatic carbocycles. The van der Waals surface area contributed by atoms with Crippen LogP contribution >= 0.6 is 11.8 Å². The summed E-state index contributed by atoms with van der Waals surface area (Å²) in [4.78, 5) is 7.66. The van der Waals surface area contributed by atoms with E-state index in [4.69, 9.17) is 15.3 Å². The molecule has 6 heteroatoms. The van der Waals surface area contributed by atoms with E-state index in [9.17, 15) is 0 Å². The number of thioether (sulfide) groups is 1. The fourth-order valence-electron chi connectivity index (χ4n) is 1.76. The van der Waals surface area contributed by atoms with Crippen molar-refractivity contribution < 1.29 is 4.74 Å². The molecule has 0 fully saturated rings. The van der Waals surface area contributed by atoms with Gasteiger partial charge in [-0.15, -0.1) is 0 Å². The van der Waals surface area contributed by atoms with Gasteiger partial charge in [0.25, 0.3) is 0 Å². The number of benzene rings is 1. The molecular weight excluding hydrogens is 272 g/mol. The number of ether oxygens (including phenoxy) is 1. The lowest BCUT2D eigenvalue weighted by Gasteiger charge is -2.03. The summed E-state index contributed by atoms with van der Waals surface area (Å²) in [7, 11) is 1.62. The van der Waals surface area contributed by atoms with Crippen molar-refractivity contribution in [2.45, 2.75) is 18.0 Å². The second-order valence-electron chi connectivity index (χ2n) is 4.26. The molecule has 0 aliphatic heterocycles. The van der Waals surface area contributed by atoms with E-state index in [1.807, 2.05) is 18.2 Å². The van der Waals surface area contributed by atoms with Crippen LogP contribution in [0.1, 0.15) is 12.8 Å². The third-order valence-corrected chi connectivity index (χ3v) is 3.91. The van der Waals surface area contributed by atoms with E-state index in [-0.39, 0.29) is 5.92 Å². The quantitative estimate of drug-likeness (QED) is 0.825. The molecule has 20 heavy (non-hydrogen) atoms. The summed E-state index contributed by atoms with van der Waals surface area (Å²) in [6.45, 7) is 0. The van der Waals surface area contributed by atoms with Crippen LogP contribution in [0.4, 0.5) is 0 Å². The van der Waals surface area contributed by atoms with Gasteiger partial charge in [0.2, 0.25) is 0 Å². The number of methoxy groups -OCH3 is 1. The Morgan fingerprint density at radius 2 is 2.30 bits per heavy atom. The number of hydrogen-bond acceptors (Lipinski definition) is 5. The molecule has 1 aromatic carbocycles. The number of nitrogens with zero attached hydrogens (tertiary/aromatic N) is 3. The Labute approximate surface area is 121 Å². The van der Waals surface area contributed by atoms with Crippen molar-refractivity contribution in [3.8, 4) is 17.9 Å². The number of aromatic amines is 1. The summed E-state index contributed by atoms with van der Waals surface area (Å²) in [5.74, 6) is 1.29. The van der Waals surface area contributed by atoms with Gasteiger partial charge in [-0.05, 0) is 18.6 Å². The molecule has 5 nitrogen and oxygen atoms in total. The lowest BCUT2D eigenvalue weighted by atomic mass is 10.1. The lowest BCUT2D eigenvalue weighted by molar-refractivity contribution is 0.415. The Balaban J connectivity index is 2.03. The summed E-state index contributed by atoms with van der Waals surface area (Å²) in [5, 5.41) is 18.3. The lowest BCUT2D eigenvalue weighted by Crippen LogP contribution is -2.00. The molecule has 0 bridgehead atoms. The van der Waals surface area contributed by atoms with E-state index in [0.29, 0.717) is 18.6 Å². The van der Waals surface area contributed by atoms with Gasteiger partial charge in [0.15, 0.2) is 5.16 Å².